The first-order valence-corrected chi connectivity index (χ1v) is 6.80. The summed E-state index contributed by atoms with van der Waals surface area (Å²) in [6, 6.07) is 1.66. The number of piperazine rings is 1. The van der Waals surface area contributed by atoms with Crippen LogP contribution in [0.3, 0.4) is 0 Å². The standard InChI is InChI=1S/C10H17N3O2S/c1-9-7-11-4-6-13(9)16(14,15)10-3-5-12(2)8-10/h3,5,8-9,11H,4,6-7H2,1-2H3. The lowest BCUT2D eigenvalue weighted by Crippen LogP contribution is -2.52. The smallest absolute Gasteiger partial charge is 0.244 e. The number of sulfonamides is 1. The quantitative estimate of drug-likeness (QED) is 0.796. The molecule has 0 saturated carbocycles. The molecular formula is C10H17N3O2S. The Kier molecular flexibility index (Phi) is 3.05. The van der Waals surface area contributed by atoms with Gasteiger partial charge in [-0.15, -0.1) is 0 Å². The maximum absolute atomic E-state index is 12.3. The molecule has 90 valence electrons. The Hall–Kier alpha value is -0.850. The van der Waals surface area contributed by atoms with Crippen molar-refractivity contribution in [3.05, 3.63) is 18.5 Å². The summed E-state index contributed by atoms with van der Waals surface area (Å²) in [6.45, 7) is 3.90. The molecule has 0 aromatic carbocycles. The van der Waals surface area contributed by atoms with Crippen LogP contribution in [0.1, 0.15) is 6.92 Å². The molecule has 0 bridgehead atoms. The van der Waals surface area contributed by atoms with Crippen molar-refractivity contribution in [3.63, 3.8) is 0 Å². The Morgan fingerprint density at radius 3 is 2.81 bits per heavy atom. The zero-order valence-electron chi connectivity index (χ0n) is 9.55. The highest BCUT2D eigenvalue weighted by molar-refractivity contribution is 7.89. The van der Waals surface area contributed by atoms with Gasteiger partial charge in [0.05, 0.1) is 4.90 Å². The fourth-order valence-electron chi connectivity index (χ4n) is 1.95. The van der Waals surface area contributed by atoms with Gasteiger partial charge in [0.2, 0.25) is 10.0 Å². The van der Waals surface area contributed by atoms with Gasteiger partial charge in [0.25, 0.3) is 0 Å². The largest absolute Gasteiger partial charge is 0.356 e. The van der Waals surface area contributed by atoms with Gasteiger partial charge in [-0.3, -0.25) is 0 Å². The third-order valence-electron chi connectivity index (χ3n) is 2.85. The van der Waals surface area contributed by atoms with E-state index >= 15 is 0 Å². The number of nitrogens with one attached hydrogen (secondary N) is 1. The van der Waals surface area contributed by atoms with Gasteiger partial charge < -0.3 is 9.88 Å². The molecule has 1 N–H and O–H groups in total. The molecule has 1 atom stereocenters. The molecule has 6 heteroatoms. The molecule has 0 aliphatic carbocycles. The first-order chi connectivity index (χ1) is 7.51. The maximum Gasteiger partial charge on any atom is 0.244 e. The van der Waals surface area contributed by atoms with E-state index in [0.29, 0.717) is 18.0 Å². The molecule has 0 spiro atoms. The Balaban J connectivity index is 2.31. The second-order valence-electron chi connectivity index (χ2n) is 4.18. The fourth-order valence-corrected chi connectivity index (χ4v) is 3.63. The summed E-state index contributed by atoms with van der Waals surface area (Å²) in [5.41, 5.74) is 0. The highest BCUT2D eigenvalue weighted by atomic mass is 32.2. The minimum Gasteiger partial charge on any atom is -0.356 e. The number of hydrogen-bond acceptors (Lipinski definition) is 3. The number of aryl methyl sites for hydroxylation is 1. The van der Waals surface area contributed by atoms with Crippen LogP contribution in [-0.2, 0) is 17.1 Å². The number of rotatable bonds is 2. The Morgan fingerprint density at radius 2 is 2.25 bits per heavy atom. The zero-order chi connectivity index (χ0) is 11.8. The predicted molar refractivity (Wildman–Crippen MR) is 61.6 cm³/mol. The van der Waals surface area contributed by atoms with Crippen molar-refractivity contribution in [2.75, 3.05) is 19.6 Å². The van der Waals surface area contributed by atoms with Crippen LogP contribution in [0.5, 0.6) is 0 Å². The summed E-state index contributed by atoms with van der Waals surface area (Å²) in [5.74, 6) is 0. The minimum atomic E-state index is -3.32. The minimum absolute atomic E-state index is 0.0129. The summed E-state index contributed by atoms with van der Waals surface area (Å²) in [4.78, 5) is 0.378. The van der Waals surface area contributed by atoms with Gasteiger partial charge in [0.1, 0.15) is 0 Å². The van der Waals surface area contributed by atoms with Gasteiger partial charge in [-0.2, -0.15) is 4.31 Å². The van der Waals surface area contributed by atoms with Crippen molar-refractivity contribution in [2.45, 2.75) is 17.9 Å². The molecular weight excluding hydrogens is 226 g/mol. The van der Waals surface area contributed by atoms with Crippen LogP contribution < -0.4 is 5.32 Å². The van der Waals surface area contributed by atoms with Gasteiger partial charge in [-0.1, -0.05) is 0 Å². The van der Waals surface area contributed by atoms with E-state index in [-0.39, 0.29) is 6.04 Å². The molecule has 1 aromatic heterocycles. The van der Waals surface area contributed by atoms with Crippen LogP contribution in [0.2, 0.25) is 0 Å². The zero-order valence-corrected chi connectivity index (χ0v) is 10.4. The lowest BCUT2D eigenvalue weighted by molar-refractivity contribution is 0.284. The summed E-state index contributed by atoms with van der Waals surface area (Å²) >= 11 is 0. The van der Waals surface area contributed by atoms with E-state index in [1.165, 1.54) is 0 Å². The Bertz CT molecular complexity index is 466. The van der Waals surface area contributed by atoms with Crippen molar-refractivity contribution < 1.29 is 8.42 Å². The second kappa shape index (κ2) is 4.20. The van der Waals surface area contributed by atoms with E-state index in [1.54, 1.807) is 27.3 Å². The van der Waals surface area contributed by atoms with Gasteiger partial charge in [-0.05, 0) is 13.0 Å². The van der Waals surface area contributed by atoms with Gasteiger partial charge in [-0.25, -0.2) is 8.42 Å². The molecule has 1 aliphatic rings. The van der Waals surface area contributed by atoms with Crippen molar-refractivity contribution >= 4 is 10.0 Å². The van der Waals surface area contributed by atoms with E-state index in [2.05, 4.69) is 5.32 Å². The topological polar surface area (TPSA) is 54.3 Å². The van der Waals surface area contributed by atoms with Crippen molar-refractivity contribution in [1.82, 2.24) is 14.2 Å². The van der Waals surface area contributed by atoms with Crippen molar-refractivity contribution in [3.8, 4) is 0 Å². The lowest BCUT2D eigenvalue weighted by Gasteiger charge is -2.32. The lowest BCUT2D eigenvalue weighted by atomic mass is 10.3. The molecule has 1 saturated heterocycles. The van der Waals surface area contributed by atoms with E-state index in [9.17, 15) is 8.42 Å². The summed E-state index contributed by atoms with van der Waals surface area (Å²) in [5, 5.41) is 3.18. The predicted octanol–water partition coefficient (Wildman–Crippen LogP) is 0.00750. The normalized spacial score (nSPS) is 23.5. The van der Waals surface area contributed by atoms with E-state index < -0.39 is 10.0 Å². The van der Waals surface area contributed by atoms with Crippen LogP contribution >= 0.6 is 0 Å². The molecule has 1 fully saturated rings. The summed E-state index contributed by atoms with van der Waals surface area (Å²) in [7, 11) is -1.50. The number of hydrogen-bond donors (Lipinski definition) is 1. The van der Waals surface area contributed by atoms with Crippen LogP contribution in [0.25, 0.3) is 0 Å². The first-order valence-electron chi connectivity index (χ1n) is 5.36. The summed E-state index contributed by atoms with van der Waals surface area (Å²) < 4.78 is 27.9. The van der Waals surface area contributed by atoms with Crippen molar-refractivity contribution in [1.29, 1.82) is 0 Å². The van der Waals surface area contributed by atoms with Crippen LogP contribution in [0, 0.1) is 0 Å². The fraction of sp³-hybridized carbons (Fsp3) is 0.600. The van der Waals surface area contributed by atoms with Crippen molar-refractivity contribution in [2.24, 2.45) is 7.05 Å². The Labute approximate surface area is 96.1 Å². The number of nitrogens with zero attached hydrogens (tertiary/aromatic N) is 2. The Morgan fingerprint density at radius 1 is 1.50 bits per heavy atom. The SMILES string of the molecule is CC1CNCCN1S(=O)(=O)c1ccn(C)c1. The first kappa shape index (κ1) is 11.6. The highest BCUT2D eigenvalue weighted by Gasteiger charge is 2.31. The van der Waals surface area contributed by atoms with E-state index in [1.807, 2.05) is 14.0 Å². The van der Waals surface area contributed by atoms with Crippen LogP contribution in [0.15, 0.2) is 23.4 Å². The average Bonchev–Trinajstić information content (AvgIpc) is 2.66. The maximum atomic E-state index is 12.3. The third kappa shape index (κ3) is 2.00. The molecule has 16 heavy (non-hydrogen) atoms. The second-order valence-corrected chi connectivity index (χ2v) is 6.07. The third-order valence-corrected chi connectivity index (χ3v) is 4.85. The summed E-state index contributed by atoms with van der Waals surface area (Å²) in [6.07, 6.45) is 3.39. The van der Waals surface area contributed by atoms with E-state index in [0.717, 1.165) is 6.54 Å². The van der Waals surface area contributed by atoms with Crippen LogP contribution in [0.4, 0.5) is 0 Å². The molecule has 5 nitrogen and oxygen atoms in total. The molecule has 2 heterocycles. The highest BCUT2D eigenvalue weighted by Crippen LogP contribution is 2.19. The van der Waals surface area contributed by atoms with Crippen LogP contribution in [-0.4, -0.2) is 43.0 Å². The number of aromatic nitrogens is 1. The molecule has 0 radical (unpaired) electrons. The molecule has 1 aliphatic heterocycles. The molecule has 2 rings (SSSR count). The van der Waals surface area contributed by atoms with Gasteiger partial charge in [0, 0.05) is 45.1 Å². The molecule has 0 amide bonds. The van der Waals surface area contributed by atoms with Gasteiger partial charge >= 0.3 is 0 Å². The van der Waals surface area contributed by atoms with E-state index in [4.69, 9.17) is 0 Å². The molecule has 1 aromatic rings. The average molecular weight is 243 g/mol. The van der Waals surface area contributed by atoms with Gasteiger partial charge in [0.15, 0.2) is 0 Å². The molecule has 1 unspecified atom stereocenters. The monoisotopic (exact) mass is 243 g/mol.